The summed E-state index contributed by atoms with van der Waals surface area (Å²) in [5, 5.41) is 3.31. The van der Waals surface area contributed by atoms with Crippen LogP contribution in [0.3, 0.4) is 0 Å². The van der Waals surface area contributed by atoms with Gasteiger partial charge in [0.1, 0.15) is 0 Å². The minimum atomic E-state index is 0.346. The second kappa shape index (κ2) is 6.91. The molecule has 2 aromatic carbocycles. The van der Waals surface area contributed by atoms with Crippen LogP contribution in [0.4, 0.5) is 5.69 Å². The van der Waals surface area contributed by atoms with Crippen LogP contribution < -0.4 is 10.2 Å². The maximum atomic E-state index is 3.47. The summed E-state index contributed by atoms with van der Waals surface area (Å²) in [5.74, 6) is 0. The zero-order valence-electron chi connectivity index (χ0n) is 12.2. The maximum absolute atomic E-state index is 3.47. The second-order valence-corrected chi connectivity index (χ2v) is 5.97. The number of rotatable bonds is 5. The third-order valence-corrected chi connectivity index (χ3v) is 4.11. The Morgan fingerprint density at radius 2 is 1.75 bits per heavy atom. The Balaban J connectivity index is 2.20. The number of hydrogen-bond acceptors (Lipinski definition) is 2. The van der Waals surface area contributed by atoms with Crippen molar-refractivity contribution in [2.24, 2.45) is 0 Å². The van der Waals surface area contributed by atoms with Crippen LogP contribution in [0, 0.1) is 0 Å². The van der Waals surface area contributed by atoms with E-state index < -0.39 is 0 Å². The lowest BCUT2D eigenvalue weighted by molar-refractivity contribution is 0.649. The molecule has 0 bridgehead atoms. The average molecular weight is 333 g/mol. The molecule has 0 radical (unpaired) electrons. The first kappa shape index (κ1) is 15.1. The smallest absolute Gasteiger partial charge is 0.0426 e. The first-order chi connectivity index (χ1) is 9.61. The first-order valence-corrected chi connectivity index (χ1v) is 7.63. The molecule has 2 aromatic rings. The van der Waals surface area contributed by atoms with Gasteiger partial charge in [0, 0.05) is 29.8 Å². The van der Waals surface area contributed by atoms with Crippen LogP contribution in [0.1, 0.15) is 24.1 Å². The van der Waals surface area contributed by atoms with Crippen LogP contribution in [0.5, 0.6) is 0 Å². The number of hydrogen-bond donors (Lipinski definition) is 1. The third kappa shape index (κ3) is 3.62. The SMILES string of the molecule is CNC(C)c1ccccc1N(C)Cc1ccc(Br)cc1. The number of nitrogens with one attached hydrogen (secondary N) is 1. The molecule has 0 saturated carbocycles. The van der Waals surface area contributed by atoms with Crippen molar-refractivity contribution in [2.75, 3.05) is 19.0 Å². The van der Waals surface area contributed by atoms with Gasteiger partial charge in [0.25, 0.3) is 0 Å². The monoisotopic (exact) mass is 332 g/mol. The van der Waals surface area contributed by atoms with E-state index in [0.29, 0.717) is 6.04 Å². The molecule has 0 aromatic heterocycles. The van der Waals surface area contributed by atoms with Crippen LogP contribution in [0.25, 0.3) is 0 Å². The molecule has 0 aliphatic rings. The molecule has 3 heteroatoms. The van der Waals surface area contributed by atoms with Gasteiger partial charge in [-0.3, -0.25) is 0 Å². The fourth-order valence-corrected chi connectivity index (χ4v) is 2.57. The van der Waals surface area contributed by atoms with E-state index in [2.05, 4.69) is 88.6 Å². The van der Waals surface area contributed by atoms with Gasteiger partial charge in [0.05, 0.1) is 0 Å². The van der Waals surface area contributed by atoms with Crippen molar-refractivity contribution < 1.29 is 0 Å². The van der Waals surface area contributed by atoms with Gasteiger partial charge in [-0.2, -0.15) is 0 Å². The molecule has 2 nitrogen and oxygen atoms in total. The molecule has 1 unspecified atom stereocenters. The maximum Gasteiger partial charge on any atom is 0.0426 e. The normalized spacial score (nSPS) is 12.2. The summed E-state index contributed by atoms with van der Waals surface area (Å²) < 4.78 is 1.12. The summed E-state index contributed by atoms with van der Waals surface area (Å²) in [6, 6.07) is 17.4. The Bertz CT molecular complexity index is 551. The minimum absolute atomic E-state index is 0.346. The van der Waals surface area contributed by atoms with Crippen molar-refractivity contribution in [3.05, 3.63) is 64.1 Å². The molecule has 1 atom stereocenters. The predicted octanol–water partition coefficient (Wildman–Crippen LogP) is 4.37. The van der Waals surface area contributed by atoms with Crippen LogP contribution in [0.15, 0.2) is 53.0 Å². The molecule has 1 N–H and O–H groups in total. The lowest BCUT2D eigenvalue weighted by Gasteiger charge is -2.25. The summed E-state index contributed by atoms with van der Waals surface area (Å²) in [4.78, 5) is 2.30. The van der Waals surface area contributed by atoms with Crippen molar-refractivity contribution in [3.63, 3.8) is 0 Å². The zero-order chi connectivity index (χ0) is 14.5. The van der Waals surface area contributed by atoms with Gasteiger partial charge in [0.2, 0.25) is 0 Å². The van der Waals surface area contributed by atoms with Crippen LogP contribution in [-0.4, -0.2) is 14.1 Å². The van der Waals surface area contributed by atoms with E-state index in [-0.39, 0.29) is 0 Å². The van der Waals surface area contributed by atoms with Gasteiger partial charge in [-0.15, -0.1) is 0 Å². The van der Waals surface area contributed by atoms with Crippen LogP contribution >= 0.6 is 15.9 Å². The first-order valence-electron chi connectivity index (χ1n) is 6.83. The van der Waals surface area contributed by atoms with Crippen LogP contribution in [-0.2, 0) is 6.54 Å². The van der Waals surface area contributed by atoms with E-state index in [1.807, 2.05) is 7.05 Å². The van der Waals surface area contributed by atoms with Crippen molar-refractivity contribution in [1.82, 2.24) is 5.32 Å². The van der Waals surface area contributed by atoms with Gasteiger partial charge < -0.3 is 10.2 Å². The molecule has 0 amide bonds. The fraction of sp³-hybridized carbons (Fsp3) is 0.294. The number of benzene rings is 2. The molecule has 0 heterocycles. The Hall–Kier alpha value is -1.32. The highest BCUT2D eigenvalue weighted by Gasteiger charge is 2.11. The van der Waals surface area contributed by atoms with Crippen molar-refractivity contribution >= 4 is 21.6 Å². The summed E-state index contributed by atoms with van der Waals surface area (Å²) in [7, 11) is 4.14. The zero-order valence-corrected chi connectivity index (χ0v) is 13.8. The van der Waals surface area contributed by atoms with Gasteiger partial charge >= 0.3 is 0 Å². The van der Waals surface area contributed by atoms with Gasteiger partial charge in [-0.05, 0) is 43.3 Å². The molecule has 0 saturated heterocycles. The van der Waals surface area contributed by atoms with E-state index >= 15 is 0 Å². The van der Waals surface area contributed by atoms with E-state index in [1.165, 1.54) is 16.8 Å². The van der Waals surface area contributed by atoms with E-state index in [1.54, 1.807) is 0 Å². The van der Waals surface area contributed by atoms with E-state index in [9.17, 15) is 0 Å². The number of para-hydroxylation sites is 1. The number of halogens is 1. The Morgan fingerprint density at radius 3 is 2.40 bits per heavy atom. The largest absolute Gasteiger partial charge is 0.370 e. The van der Waals surface area contributed by atoms with Crippen molar-refractivity contribution in [3.8, 4) is 0 Å². The Labute approximate surface area is 129 Å². The number of anilines is 1. The fourth-order valence-electron chi connectivity index (χ4n) is 2.31. The van der Waals surface area contributed by atoms with Crippen molar-refractivity contribution in [2.45, 2.75) is 19.5 Å². The summed E-state index contributed by atoms with van der Waals surface area (Å²) in [5.41, 5.74) is 3.91. The van der Waals surface area contributed by atoms with Gasteiger partial charge in [-0.25, -0.2) is 0 Å². The quantitative estimate of drug-likeness (QED) is 0.874. The standard InChI is InChI=1S/C17H21BrN2/c1-13(19-2)16-6-4-5-7-17(16)20(3)12-14-8-10-15(18)11-9-14/h4-11,13,19H,12H2,1-3H3. The van der Waals surface area contributed by atoms with Crippen molar-refractivity contribution in [1.29, 1.82) is 0 Å². The summed E-state index contributed by atoms with van der Waals surface area (Å²) >= 11 is 3.47. The average Bonchev–Trinajstić information content (AvgIpc) is 2.48. The highest BCUT2D eigenvalue weighted by molar-refractivity contribution is 9.10. The Kier molecular flexibility index (Phi) is 5.21. The summed E-state index contributed by atoms with van der Waals surface area (Å²) in [6.07, 6.45) is 0. The van der Waals surface area contributed by atoms with E-state index in [4.69, 9.17) is 0 Å². The molecular weight excluding hydrogens is 312 g/mol. The lowest BCUT2D eigenvalue weighted by Crippen LogP contribution is -2.21. The Morgan fingerprint density at radius 1 is 1.10 bits per heavy atom. The topological polar surface area (TPSA) is 15.3 Å². The minimum Gasteiger partial charge on any atom is -0.370 e. The third-order valence-electron chi connectivity index (χ3n) is 3.58. The molecule has 106 valence electrons. The van der Waals surface area contributed by atoms with Gasteiger partial charge in [-0.1, -0.05) is 46.3 Å². The van der Waals surface area contributed by atoms with E-state index in [0.717, 1.165) is 11.0 Å². The molecule has 0 aliphatic heterocycles. The predicted molar refractivity (Wildman–Crippen MR) is 90.2 cm³/mol. The van der Waals surface area contributed by atoms with Gasteiger partial charge in [0.15, 0.2) is 0 Å². The molecule has 0 aliphatic carbocycles. The molecule has 0 fully saturated rings. The molecule has 20 heavy (non-hydrogen) atoms. The highest BCUT2D eigenvalue weighted by Crippen LogP contribution is 2.26. The highest BCUT2D eigenvalue weighted by atomic mass is 79.9. The van der Waals surface area contributed by atoms with Crippen LogP contribution in [0.2, 0.25) is 0 Å². The summed E-state index contributed by atoms with van der Waals surface area (Å²) in [6.45, 7) is 3.09. The number of nitrogens with zero attached hydrogens (tertiary/aromatic N) is 1. The molecular formula is C17H21BrN2. The second-order valence-electron chi connectivity index (χ2n) is 5.05. The molecule has 0 spiro atoms. The lowest BCUT2D eigenvalue weighted by atomic mass is 10.0. The molecule has 2 rings (SSSR count).